The monoisotopic (exact) mass is 191 g/mol. The predicted octanol–water partition coefficient (Wildman–Crippen LogP) is 2.00. The third-order valence-electron chi connectivity index (χ3n) is 1.37. The van der Waals surface area contributed by atoms with Crippen LogP contribution in [0.5, 0.6) is 0 Å². The van der Waals surface area contributed by atoms with Crippen molar-refractivity contribution in [2.24, 2.45) is 0 Å². The molecule has 1 aromatic heterocycles. The summed E-state index contributed by atoms with van der Waals surface area (Å²) >= 11 is 0. The number of nitro benzene ring substituents is 1. The highest BCUT2D eigenvalue weighted by Crippen LogP contribution is 2.06. The Labute approximate surface area is 80.5 Å². The van der Waals surface area contributed by atoms with E-state index in [9.17, 15) is 10.1 Å². The number of non-ortho nitro benzene ring substituents is 1. The molecule has 0 spiro atoms. The van der Waals surface area contributed by atoms with Gasteiger partial charge in [0.15, 0.2) is 0 Å². The molecule has 0 saturated heterocycles. The zero-order chi connectivity index (χ0) is 10.2. The molecule has 1 aromatic carbocycles. The zero-order valence-corrected chi connectivity index (χ0v) is 7.33. The van der Waals surface area contributed by atoms with Crippen LogP contribution >= 0.6 is 0 Å². The summed E-state index contributed by atoms with van der Waals surface area (Å²) < 4.78 is 0. The van der Waals surface area contributed by atoms with Gasteiger partial charge in [0, 0.05) is 24.5 Å². The summed E-state index contributed by atoms with van der Waals surface area (Å²) in [5.41, 5.74) is 0.137. The first-order chi connectivity index (χ1) is 6.80. The number of hydrogen-bond donors (Lipinski definition) is 1. The lowest BCUT2D eigenvalue weighted by Crippen LogP contribution is -1.84. The fraction of sp³-hybridized carbons (Fsp3) is 0. The van der Waals surface area contributed by atoms with E-state index in [2.05, 4.69) is 10.2 Å². The normalized spacial score (nSPS) is 8.57. The summed E-state index contributed by atoms with van der Waals surface area (Å²) in [5.74, 6) is 0. The number of hydrogen-bond acceptors (Lipinski definition) is 3. The van der Waals surface area contributed by atoms with Gasteiger partial charge in [-0.25, -0.2) is 0 Å². The first kappa shape index (κ1) is 9.91. The number of aromatic amines is 1. The van der Waals surface area contributed by atoms with E-state index in [1.165, 1.54) is 12.1 Å². The van der Waals surface area contributed by atoms with E-state index in [0.717, 1.165) is 0 Å². The molecule has 0 amide bonds. The molecule has 0 unspecified atom stereocenters. The first-order valence-corrected chi connectivity index (χ1v) is 3.94. The average Bonchev–Trinajstić information content (AvgIpc) is 2.77. The molecule has 0 atom stereocenters. The lowest BCUT2D eigenvalue weighted by atomic mass is 10.3. The molecule has 14 heavy (non-hydrogen) atoms. The number of benzene rings is 1. The van der Waals surface area contributed by atoms with Gasteiger partial charge in [0.25, 0.3) is 5.69 Å². The molecule has 5 heteroatoms. The minimum atomic E-state index is -0.417. The second-order valence-electron chi connectivity index (χ2n) is 2.36. The number of nitrogens with zero attached hydrogens (tertiary/aromatic N) is 2. The Hall–Kier alpha value is -2.17. The van der Waals surface area contributed by atoms with E-state index in [-0.39, 0.29) is 5.69 Å². The predicted molar refractivity (Wildman–Crippen MR) is 51.7 cm³/mol. The topological polar surface area (TPSA) is 71.8 Å². The van der Waals surface area contributed by atoms with Gasteiger partial charge < -0.3 is 0 Å². The maximum Gasteiger partial charge on any atom is 0.269 e. The van der Waals surface area contributed by atoms with Gasteiger partial charge in [-0.15, -0.1) is 0 Å². The van der Waals surface area contributed by atoms with E-state index < -0.39 is 4.92 Å². The highest BCUT2D eigenvalue weighted by molar-refractivity contribution is 5.27. The van der Waals surface area contributed by atoms with Gasteiger partial charge in [0.2, 0.25) is 0 Å². The van der Waals surface area contributed by atoms with Crippen LogP contribution in [-0.2, 0) is 0 Å². The van der Waals surface area contributed by atoms with Gasteiger partial charge in [0.1, 0.15) is 0 Å². The summed E-state index contributed by atoms with van der Waals surface area (Å²) in [4.78, 5) is 9.59. The van der Waals surface area contributed by atoms with Crippen LogP contribution in [0.2, 0.25) is 0 Å². The van der Waals surface area contributed by atoms with Gasteiger partial charge in [0.05, 0.1) is 4.92 Å². The average molecular weight is 191 g/mol. The highest BCUT2D eigenvalue weighted by Gasteiger charge is 1.98. The quantitative estimate of drug-likeness (QED) is 0.553. The maximum atomic E-state index is 10.0. The molecule has 0 aliphatic heterocycles. The lowest BCUT2D eigenvalue weighted by molar-refractivity contribution is -0.384. The van der Waals surface area contributed by atoms with E-state index >= 15 is 0 Å². The number of nitro groups is 1. The molecule has 0 aliphatic rings. The Morgan fingerprint density at radius 2 is 1.93 bits per heavy atom. The van der Waals surface area contributed by atoms with Crippen molar-refractivity contribution in [1.29, 1.82) is 0 Å². The Kier molecular flexibility index (Phi) is 3.87. The fourth-order valence-electron chi connectivity index (χ4n) is 0.765. The third-order valence-corrected chi connectivity index (χ3v) is 1.37. The molecule has 0 aliphatic carbocycles. The summed E-state index contributed by atoms with van der Waals surface area (Å²) in [7, 11) is 0. The molecule has 2 rings (SSSR count). The Bertz CT molecular complexity index is 342. The molecule has 0 fully saturated rings. The van der Waals surface area contributed by atoms with Crippen molar-refractivity contribution < 1.29 is 4.92 Å². The first-order valence-electron chi connectivity index (χ1n) is 3.94. The minimum absolute atomic E-state index is 0.137. The van der Waals surface area contributed by atoms with E-state index in [4.69, 9.17) is 0 Å². The van der Waals surface area contributed by atoms with Crippen LogP contribution < -0.4 is 0 Å². The van der Waals surface area contributed by atoms with E-state index in [1.54, 1.807) is 30.6 Å². The molecule has 1 heterocycles. The van der Waals surface area contributed by atoms with Gasteiger partial charge in [-0.2, -0.15) is 5.10 Å². The van der Waals surface area contributed by atoms with Crippen molar-refractivity contribution in [3.05, 3.63) is 58.9 Å². The largest absolute Gasteiger partial charge is 0.286 e. The Balaban J connectivity index is 0.000000165. The number of nitrogens with one attached hydrogen (secondary N) is 1. The Morgan fingerprint density at radius 3 is 2.21 bits per heavy atom. The van der Waals surface area contributed by atoms with Crippen molar-refractivity contribution in [3.8, 4) is 0 Å². The van der Waals surface area contributed by atoms with Crippen LogP contribution in [-0.4, -0.2) is 15.1 Å². The van der Waals surface area contributed by atoms with Crippen LogP contribution in [0.15, 0.2) is 48.8 Å². The fourth-order valence-corrected chi connectivity index (χ4v) is 0.765. The second kappa shape index (κ2) is 5.47. The lowest BCUT2D eigenvalue weighted by Gasteiger charge is -1.85. The van der Waals surface area contributed by atoms with Gasteiger partial charge in [-0.05, 0) is 6.07 Å². The van der Waals surface area contributed by atoms with Gasteiger partial charge in [-0.3, -0.25) is 15.2 Å². The van der Waals surface area contributed by atoms with Crippen LogP contribution in [0.25, 0.3) is 0 Å². The third kappa shape index (κ3) is 3.48. The van der Waals surface area contributed by atoms with E-state index in [1.807, 2.05) is 6.07 Å². The van der Waals surface area contributed by atoms with Crippen LogP contribution in [0.3, 0.4) is 0 Å². The SMILES string of the molecule is O=[N+]([O-])c1ccccc1.c1cn[nH]c1. The highest BCUT2D eigenvalue weighted by atomic mass is 16.6. The summed E-state index contributed by atoms with van der Waals surface area (Å²) in [6.07, 6.45) is 3.46. The van der Waals surface area contributed by atoms with Crippen molar-refractivity contribution in [2.75, 3.05) is 0 Å². The van der Waals surface area contributed by atoms with E-state index in [0.29, 0.717) is 0 Å². The number of H-pyrrole nitrogens is 1. The Morgan fingerprint density at radius 1 is 1.21 bits per heavy atom. The van der Waals surface area contributed by atoms with Gasteiger partial charge in [-0.1, -0.05) is 18.2 Å². The van der Waals surface area contributed by atoms with Crippen molar-refractivity contribution in [2.45, 2.75) is 0 Å². The van der Waals surface area contributed by atoms with Crippen LogP contribution in [0.1, 0.15) is 0 Å². The molecular weight excluding hydrogens is 182 g/mol. The zero-order valence-electron chi connectivity index (χ0n) is 7.33. The van der Waals surface area contributed by atoms with Gasteiger partial charge >= 0.3 is 0 Å². The molecule has 5 nitrogen and oxygen atoms in total. The summed E-state index contributed by atoms with van der Waals surface area (Å²) in [5, 5.41) is 16.2. The minimum Gasteiger partial charge on any atom is -0.286 e. The smallest absolute Gasteiger partial charge is 0.269 e. The van der Waals surface area contributed by atoms with Crippen LogP contribution in [0.4, 0.5) is 5.69 Å². The molecule has 1 N–H and O–H groups in total. The molecule has 72 valence electrons. The second-order valence-corrected chi connectivity index (χ2v) is 2.36. The molecular formula is C9H9N3O2. The number of para-hydroxylation sites is 1. The van der Waals surface area contributed by atoms with Crippen molar-refractivity contribution in [3.63, 3.8) is 0 Å². The van der Waals surface area contributed by atoms with Crippen LogP contribution in [0, 0.1) is 10.1 Å². The molecule has 0 saturated carbocycles. The standard InChI is InChI=1S/C6H5NO2.C3H4N2/c8-7(9)6-4-2-1-3-5-6;1-2-4-5-3-1/h1-5H;1-3H,(H,4,5). The maximum absolute atomic E-state index is 10.0. The van der Waals surface area contributed by atoms with Crippen molar-refractivity contribution in [1.82, 2.24) is 10.2 Å². The summed E-state index contributed by atoms with van der Waals surface area (Å²) in [6, 6.07) is 9.77. The number of rotatable bonds is 1. The molecule has 2 aromatic rings. The molecule has 0 radical (unpaired) electrons. The number of aromatic nitrogens is 2. The summed E-state index contributed by atoms with van der Waals surface area (Å²) in [6.45, 7) is 0. The molecule has 0 bridgehead atoms. The van der Waals surface area contributed by atoms with Crippen molar-refractivity contribution >= 4 is 5.69 Å².